The first kappa shape index (κ1) is 18.5. The molecule has 6 heteroatoms. The summed E-state index contributed by atoms with van der Waals surface area (Å²) in [4.78, 5) is 24.3. The third-order valence-corrected chi connectivity index (χ3v) is 4.31. The molecule has 2 amide bonds. The van der Waals surface area contributed by atoms with Crippen molar-refractivity contribution in [3.8, 4) is 0 Å². The monoisotopic (exact) mass is 349 g/mol. The summed E-state index contributed by atoms with van der Waals surface area (Å²) < 4.78 is 0. The number of halogens is 1. The molecular weight excluding hydrogens is 326 g/mol. The van der Waals surface area contributed by atoms with Gasteiger partial charge in [-0.25, -0.2) is 0 Å². The Morgan fingerprint density at radius 2 is 1.96 bits per heavy atom. The number of rotatable bonds is 3. The maximum atomic E-state index is 12.5. The van der Waals surface area contributed by atoms with Gasteiger partial charge in [0.25, 0.3) is 0 Å². The number of benzene rings is 1. The van der Waals surface area contributed by atoms with E-state index in [-0.39, 0.29) is 23.9 Å². The molecule has 1 heterocycles. The van der Waals surface area contributed by atoms with Gasteiger partial charge in [-0.15, -0.1) is 0 Å². The molecule has 0 saturated carbocycles. The summed E-state index contributed by atoms with van der Waals surface area (Å²) in [6.07, 6.45) is 6.33. The van der Waals surface area contributed by atoms with Crippen molar-refractivity contribution in [3.05, 3.63) is 47.0 Å². The van der Waals surface area contributed by atoms with Crippen molar-refractivity contribution >= 4 is 23.4 Å². The second-order valence-corrected chi connectivity index (χ2v) is 6.37. The van der Waals surface area contributed by atoms with Crippen LogP contribution >= 0.6 is 11.6 Å². The van der Waals surface area contributed by atoms with Crippen molar-refractivity contribution < 1.29 is 9.59 Å². The van der Waals surface area contributed by atoms with E-state index in [0.29, 0.717) is 18.0 Å². The van der Waals surface area contributed by atoms with Gasteiger partial charge in [0, 0.05) is 17.6 Å². The van der Waals surface area contributed by atoms with Crippen molar-refractivity contribution in [2.75, 3.05) is 13.6 Å². The summed E-state index contributed by atoms with van der Waals surface area (Å²) in [6.45, 7) is 0.628. The molecule has 24 heavy (non-hydrogen) atoms. The van der Waals surface area contributed by atoms with Crippen LogP contribution in [0.25, 0.3) is 0 Å². The molecule has 0 aromatic heterocycles. The van der Waals surface area contributed by atoms with Gasteiger partial charge in [0.1, 0.15) is 0 Å². The lowest BCUT2D eigenvalue weighted by Gasteiger charge is -2.21. The number of amides is 2. The van der Waals surface area contributed by atoms with E-state index in [1.165, 1.54) is 6.08 Å². The summed E-state index contributed by atoms with van der Waals surface area (Å²) in [6, 6.07) is 7.02. The number of hydrogen-bond acceptors (Lipinski definition) is 3. The minimum atomic E-state index is -0.250. The number of carbonyl (C=O) groups is 2. The Labute approximate surface area is 147 Å². The van der Waals surface area contributed by atoms with Crippen molar-refractivity contribution in [2.45, 2.75) is 37.8 Å². The van der Waals surface area contributed by atoms with Crippen LogP contribution < -0.4 is 16.0 Å². The van der Waals surface area contributed by atoms with Gasteiger partial charge in [-0.2, -0.15) is 0 Å². The lowest BCUT2D eigenvalue weighted by atomic mass is 10.0. The van der Waals surface area contributed by atoms with Crippen LogP contribution in [-0.2, 0) is 16.0 Å². The first-order valence-corrected chi connectivity index (χ1v) is 8.64. The Bertz CT molecular complexity index is 586. The Hall–Kier alpha value is -1.85. The molecule has 0 fully saturated rings. The summed E-state index contributed by atoms with van der Waals surface area (Å²) >= 11 is 5.91. The van der Waals surface area contributed by atoms with E-state index >= 15 is 0 Å². The molecule has 130 valence electrons. The average molecular weight is 350 g/mol. The van der Waals surface area contributed by atoms with Crippen LogP contribution in [0.1, 0.15) is 24.8 Å². The fourth-order valence-electron chi connectivity index (χ4n) is 2.68. The Balaban J connectivity index is 2.13. The Kier molecular flexibility index (Phi) is 7.28. The van der Waals surface area contributed by atoms with E-state index in [0.717, 1.165) is 24.8 Å². The molecule has 2 rings (SSSR count). The summed E-state index contributed by atoms with van der Waals surface area (Å²) in [5, 5.41) is 9.62. The first-order chi connectivity index (χ1) is 11.6. The van der Waals surface area contributed by atoms with E-state index in [1.807, 2.05) is 24.3 Å². The Morgan fingerprint density at radius 1 is 1.21 bits per heavy atom. The van der Waals surface area contributed by atoms with Crippen LogP contribution in [-0.4, -0.2) is 37.5 Å². The molecule has 1 aliphatic heterocycles. The second kappa shape index (κ2) is 9.45. The fourth-order valence-corrected chi connectivity index (χ4v) is 2.80. The second-order valence-electron chi connectivity index (χ2n) is 5.93. The van der Waals surface area contributed by atoms with E-state index < -0.39 is 0 Å². The molecule has 5 nitrogen and oxygen atoms in total. The molecule has 0 spiro atoms. The number of hydrogen-bond donors (Lipinski definition) is 3. The highest BCUT2D eigenvalue weighted by atomic mass is 35.5. The van der Waals surface area contributed by atoms with E-state index in [9.17, 15) is 9.59 Å². The molecule has 0 unspecified atom stereocenters. The predicted octanol–water partition coefficient (Wildman–Crippen LogP) is 1.81. The van der Waals surface area contributed by atoms with Gasteiger partial charge in [-0.1, -0.05) is 29.8 Å². The smallest absolute Gasteiger partial charge is 0.243 e. The third kappa shape index (κ3) is 5.98. The zero-order valence-electron chi connectivity index (χ0n) is 13.8. The molecule has 1 aromatic rings. The largest absolute Gasteiger partial charge is 0.353 e. The topological polar surface area (TPSA) is 70.2 Å². The van der Waals surface area contributed by atoms with Gasteiger partial charge in [0.05, 0.1) is 12.1 Å². The molecule has 1 aromatic carbocycles. The lowest BCUT2D eigenvalue weighted by Crippen LogP contribution is -2.47. The Morgan fingerprint density at radius 3 is 2.67 bits per heavy atom. The zero-order chi connectivity index (χ0) is 17.4. The highest BCUT2D eigenvalue weighted by Gasteiger charge is 2.19. The number of likely N-dealkylation sites (N-methyl/N-ethyl adjacent to an activating group) is 1. The normalized spacial score (nSPS) is 24.2. The predicted molar refractivity (Wildman–Crippen MR) is 95.9 cm³/mol. The van der Waals surface area contributed by atoms with Crippen LogP contribution in [0.3, 0.4) is 0 Å². The molecular formula is C18H24ClN3O2. The molecule has 1 aliphatic rings. The highest BCUT2D eigenvalue weighted by Crippen LogP contribution is 2.12. The van der Waals surface area contributed by atoms with E-state index in [4.69, 9.17) is 11.6 Å². The number of nitrogens with one attached hydrogen (secondary N) is 3. The first-order valence-electron chi connectivity index (χ1n) is 8.26. The van der Waals surface area contributed by atoms with Crippen LogP contribution in [0.5, 0.6) is 0 Å². The lowest BCUT2D eigenvalue weighted by molar-refractivity contribution is -0.123. The molecule has 0 bridgehead atoms. The summed E-state index contributed by atoms with van der Waals surface area (Å²) in [5.41, 5.74) is 1.04. The quantitative estimate of drug-likeness (QED) is 0.779. The van der Waals surface area contributed by atoms with Gasteiger partial charge in [-0.05, 0) is 50.4 Å². The minimum Gasteiger partial charge on any atom is -0.353 e. The third-order valence-electron chi connectivity index (χ3n) is 4.06. The van der Waals surface area contributed by atoms with E-state index in [1.54, 1.807) is 13.1 Å². The van der Waals surface area contributed by atoms with E-state index in [2.05, 4.69) is 16.0 Å². The zero-order valence-corrected chi connectivity index (χ0v) is 14.6. The van der Waals surface area contributed by atoms with Gasteiger partial charge >= 0.3 is 0 Å². The van der Waals surface area contributed by atoms with Crippen LogP contribution in [0.4, 0.5) is 0 Å². The maximum Gasteiger partial charge on any atom is 0.243 e. The minimum absolute atomic E-state index is 0.0397. The molecule has 0 aliphatic carbocycles. The van der Waals surface area contributed by atoms with Crippen LogP contribution in [0.2, 0.25) is 5.02 Å². The van der Waals surface area contributed by atoms with Gasteiger partial charge in [0.15, 0.2) is 0 Å². The summed E-state index contributed by atoms with van der Waals surface area (Å²) in [7, 11) is 1.79. The van der Waals surface area contributed by atoms with Crippen LogP contribution in [0.15, 0.2) is 36.4 Å². The summed E-state index contributed by atoms with van der Waals surface area (Å²) in [5.74, 6) is -0.168. The molecule has 3 N–H and O–H groups in total. The van der Waals surface area contributed by atoms with Crippen molar-refractivity contribution in [2.24, 2.45) is 0 Å². The van der Waals surface area contributed by atoms with Crippen molar-refractivity contribution in [1.82, 2.24) is 16.0 Å². The van der Waals surface area contributed by atoms with Gasteiger partial charge in [0.2, 0.25) is 11.8 Å². The molecule has 0 radical (unpaired) electrons. The SMILES string of the molecule is CN[C@H]1CCCCNC(=O)/C=C/[C@H](Cc2ccc(Cl)cc2)NC1=O. The van der Waals surface area contributed by atoms with Gasteiger partial charge in [-0.3, -0.25) is 9.59 Å². The van der Waals surface area contributed by atoms with Crippen LogP contribution in [0, 0.1) is 0 Å². The van der Waals surface area contributed by atoms with Crippen molar-refractivity contribution in [1.29, 1.82) is 0 Å². The molecule has 0 saturated heterocycles. The number of carbonyl (C=O) groups excluding carboxylic acids is 2. The maximum absolute atomic E-state index is 12.5. The molecule has 2 atom stereocenters. The standard InChI is InChI=1S/C18H24ClN3O2/c1-20-16-4-2-3-11-21-17(23)10-9-15(22-18(16)24)12-13-5-7-14(19)8-6-13/h5-10,15-16,20H,2-4,11-12H2,1H3,(H,21,23)(H,22,24)/b10-9+/t15-,16+/m1/s1. The fraction of sp³-hybridized carbons (Fsp3) is 0.444. The highest BCUT2D eigenvalue weighted by molar-refractivity contribution is 6.30. The average Bonchev–Trinajstić information content (AvgIpc) is 2.56. The van der Waals surface area contributed by atoms with Gasteiger partial charge < -0.3 is 16.0 Å². The van der Waals surface area contributed by atoms with Crippen molar-refractivity contribution in [3.63, 3.8) is 0 Å².